The van der Waals surface area contributed by atoms with Crippen molar-refractivity contribution in [3.8, 4) is 5.75 Å². The fourth-order valence-electron chi connectivity index (χ4n) is 3.50. The lowest BCUT2D eigenvalue weighted by Gasteiger charge is -2.24. The molecular weight excluding hydrogens is 414 g/mol. The number of benzene rings is 1. The van der Waals surface area contributed by atoms with Gasteiger partial charge in [-0.05, 0) is 55.3 Å². The molecule has 0 amide bonds. The average molecular weight is 436 g/mol. The van der Waals surface area contributed by atoms with Gasteiger partial charge in [0.2, 0.25) is 0 Å². The molecule has 0 bridgehead atoms. The minimum Gasteiger partial charge on any atom is -0.497 e. The van der Waals surface area contributed by atoms with Crippen molar-refractivity contribution in [2.24, 2.45) is 4.99 Å². The summed E-state index contributed by atoms with van der Waals surface area (Å²) in [6, 6.07) is 10.3. The maximum absolute atomic E-state index is 13.4. The van der Waals surface area contributed by atoms with Crippen molar-refractivity contribution in [1.82, 2.24) is 9.55 Å². The molecule has 1 aromatic carbocycles. The molecule has 0 N–H and O–H groups in total. The summed E-state index contributed by atoms with van der Waals surface area (Å²) < 4.78 is 12.7. The van der Waals surface area contributed by atoms with Crippen LogP contribution in [0, 0.1) is 0 Å². The molecule has 158 valence electrons. The number of carbonyl (C=O) groups excluding carboxylic acids is 1. The van der Waals surface area contributed by atoms with Gasteiger partial charge in [-0.2, -0.15) is 0 Å². The molecular formula is C23H21N3O4S. The number of carbonyl (C=O) groups is 1. The van der Waals surface area contributed by atoms with Gasteiger partial charge in [0.25, 0.3) is 5.56 Å². The Morgan fingerprint density at radius 3 is 2.55 bits per heavy atom. The zero-order valence-electron chi connectivity index (χ0n) is 17.4. The molecule has 0 saturated heterocycles. The van der Waals surface area contributed by atoms with Gasteiger partial charge in [0.15, 0.2) is 4.80 Å². The van der Waals surface area contributed by atoms with E-state index in [-0.39, 0.29) is 12.2 Å². The van der Waals surface area contributed by atoms with Crippen molar-refractivity contribution in [1.29, 1.82) is 0 Å². The van der Waals surface area contributed by atoms with E-state index in [4.69, 9.17) is 9.47 Å². The van der Waals surface area contributed by atoms with Crippen LogP contribution in [0.4, 0.5) is 0 Å². The van der Waals surface area contributed by atoms with Crippen LogP contribution in [-0.4, -0.2) is 29.2 Å². The molecule has 8 heteroatoms. The summed E-state index contributed by atoms with van der Waals surface area (Å²) in [4.78, 5) is 35.4. The first kappa shape index (κ1) is 20.7. The molecule has 3 heterocycles. The molecule has 0 saturated carbocycles. The number of aromatic nitrogens is 2. The van der Waals surface area contributed by atoms with Crippen LogP contribution in [0.1, 0.15) is 31.0 Å². The second-order valence-corrected chi connectivity index (χ2v) is 7.87. The SMILES string of the molecule is CCOC(=O)C1=C(C)N=c2s/c(=C/c3ccncc3)c(=O)n2[C@@H]1c1ccc(OC)cc1. The number of hydrogen-bond donors (Lipinski definition) is 0. The molecule has 0 fully saturated rings. The number of nitrogens with zero attached hydrogens (tertiary/aromatic N) is 3. The van der Waals surface area contributed by atoms with Crippen LogP contribution in [0.2, 0.25) is 0 Å². The third-order valence-corrected chi connectivity index (χ3v) is 5.94. The molecule has 1 atom stereocenters. The Kier molecular flexibility index (Phi) is 5.81. The summed E-state index contributed by atoms with van der Waals surface area (Å²) in [5.41, 5.74) is 2.32. The average Bonchev–Trinajstić information content (AvgIpc) is 3.08. The Labute approximate surface area is 182 Å². The molecule has 0 spiro atoms. The number of rotatable bonds is 5. The van der Waals surface area contributed by atoms with E-state index >= 15 is 0 Å². The zero-order valence-corrected chi connectivity index (χ0v) is 18.2. The van der Waals surface area contributed by atoms with E-state index < -0.39 is 12.0 Å². The molecule has 4 rings (SSSR count). The highest BCUT2D eigenvalue weighted by molar-refractivity contribution is 7.07. The summed E-state index contributed by atoms with van der Waals surface area (Å²) in [6.07, 6.45) is 5.15. The Morgan fingerprint density at radius 1 is 1.19 bits per heavy atom. The number of esters is 1. The lowest BCUT2D eigenvalue weighted by molar-refractivity contribution is -0.139. The smallest absolute Gasteiger partial charge is 0.338 e. The Morgan fingerprint density at radius 2 is 1.90 bits per heavy atom. The number of ether oxygens (including phenoxy) is 2. The topological polar surface area (TPSA) is 82.8 Å². The van der Waals surface area contributed by atoms with Crippen LogP contribution in [0.5, 0.6) is 5.75 Å². The summed E-state index contributed by atoms with van der Waals surface area (Å²) >= 11 is 1.29. The van der Waals surface area contributed by atoms with Crippen LogP contribution < -0.4 is 19.6 Å². The predicted octanol–water partition coefficient (Wildman–Crippen LogP) is 2.20. The van der Waals surface area contributed by atoms with E-state index in [9.17, 15) is 9.59 Å². The molecule has 0 aliphatic carbocycles. The third-order valence-electron chi connectivity index (χ3n) is 4.95. The van der Waals surface area contributed by atoms with E-state index in [2.05, 4.69) is 9.98 Å². The summed E-state index contributed by atoms with van der Waals surface area (Å²) in [5, 5.41) is 0. The van der Waals surface area contributed by atoms with E-state index in [1.54, 1.807) is 56.1 Å². The van der Waals surface area contributed by atoms with Gasteiger partial charge >= 0.3 is 5.97 Å². The van der Waals surface area contributed by atoms with Gasteiger partial charge in [-0.25, -0.2) is 9.79 Å². The van der Waals surface area contributed by atoms with E-state index in [1.165, 1.54) is 11.3 Å². The molecule has 3 aromatic rings. The normalized spacial score (nSPS) is 16.0. The second-order valence-electron chi connectivity index (χ2n) is 6.86. The molecule has 1 aliphatic heterocycles. The van der Waals surface area contributed by atoms with E-state index in [1.807, 2.05) is 24.3 Å². The van der Waals surface area contributed by atoms with Crippen molar-refractivity contribution < 1.29 is 14.3 Å². The second kappa shape index (κ2) is 8.69. The van der Waals surface area contributed by atoms with Crippen LogP contribution >= 0.6 is 11.3 Å². The molecule has 1 aliphatic rings. The maximum Gasteiger partial charge on any atom is 0.338 e. The van der Waals surface area contributed by atoms with Crippen molar-refractivity contribution in [3.63, 3.8) is 0 Å². The van der Waals surface area contributed by atoms with Crippen LogP contribution in [0.15, 0.2) is 69.8 Å². The van der Waals surface area contributed by atoms with Crippen molar-refractivity contribution in [3.05, 3.63) is 90.9 Å². The Bertz CT molecular complexity index is 1320. The highest BCUT2D eigenvalue weighted by Gasteiger charge is 2.33. The van der Waals surface area contributed by atoms with Crippen LogP contribution in [-0.2, 0) is 9.53 Å². The first-order chi connectivity index (χ1) is 15.0. The lowest BCUT2D eigenvalue weighted by Crippen LogP contribution is -2.39. The highest BCUT2D eigenvalue weighted by Crippen LogP contribution is 2.31. The van der Waals surface area contributed by atoms with Crippen LogP contribution in [0.3, 0.4) is 0 Å². The van der Waals surface area contributed by atoms with Gasteiger partial charge in [-0.3, -0.25) is 14.3 Å². The standard InChI is InChI=1S/C23H21N3O4S/c1-4-30-22(28)19-14(2)25-23-26(20(19)16-5-7-17(29-3)8-6-16)21(27)18(31-23)13-15-9-11-24-12-10-15/h5-13,20H,4H2,1-3H3/b18-13+/t20-/m1/s1. The molecule has 0 radical (unpaired) electrons. The molecule has 31 heavy (non-hydrogen) atoms. The minimum absolute atomic E-state index is 0.212. The molecule has 0 unspecified atom stereocenters. The highest BCUT2D eigenvalue weighted by atomic mass is 32.1. The Hall–Kier alpha value is -3.52. The number of pyridine rings is 1. The fourth-order valence-corrected chi connectivity index (χ4v) is 4.55. The summed E-state index contributed by atoms with van der Waals surface area (Å²) in [5.74, 6) is 0.209. The van der Waals surface area contributed by atoms with E-state index in [0.717, 1.165) is 11.1 Å². The van der Waals surface area contributed by atoms with Crippen LogP contribution in [0.25, 0.3) is 6.08 Å². The monoisotopic (exact) mass is 435 g/mol. The van der Waals surface area contributed by atoms with Gasteiger partial charge in [-0.15, -0.1) is 0 Å². The quantitative estimate of drug-likeness (QED) is 0.574. The van der Waals surface area contributed by atoms with Gasteiger partial charge < -0.3 is 9.47 Å². The van der Waals surface area contributed by atoms with Crippen molar-refractivity contribution in [2.45, 2.75) is 19.9 Å². The van der Waals surface area contributed by atoms with E-state index in [0.29, 0.717) is 26.4 Å². The summed E-state index contributed by atoms with van der Waals surface area (Å²) in [6.45, 7) is 3.75. The summed E-state index contributed by atoms with van der Waals surface area (Å²) in [7, 11) is 1.59. The lowest BCUT2D eigenvalue weighted by atomic mass is 9.96. The molecule has 2 aromatic heterocycles. The number of allylic oxidation sites excluding steroid dienone is 1. The van der Waals surface area contributed by atoms with Gasteiger partial charge in [0.1, 0.15) is 5.75 Å². The van der Waals surface area contributed by atoms with Gasteiger partial charge in [-0.1, -0.05) is 23.5 Å². The first-order valence-electron chi connectivity index (χ1n) is 9.77. The maximum atomic E-state index is 13.4. The van der Waals surface area contributed by atoms with Crippen molar-refractivity contribution >= 4 is 23.4 Å². The number of thiazole rings is 1. The Balaban J connectivity index is 1.95. The minimum atomic E-state index is -0.638. The largest absolute Gasteiger partial charge is 0.497 e. The number of methoxy groups -OCH3 is 1. The van der Waals surface area contributed by atoms with Gasteiger partial charge in [0, 0.05) is 12.4 Å². The number of hydrogen-bond acceptors (Lipinski definition) is 7. The number of fused-ring (bicyclic) bond motifs is 1. The zero-order chi connectivity index (χ0) is 22.0. The van der Waals surface area contributed by atoms with Gasteiger partial charge in [0.05, 0.1) is 35.6 Å². The van der Waals surface area contributed by atoms with Crippen molar-refractivity contribution in [2.75, 3.05) is 13.7 Å². The third kappa shape index (κ3) is 3.94. The molecule has 7 nitrogen and oxygen atoms in total. The fraction of sp³-hybridized carbons (Fsp3) is 0.217. The first-order valence-corrected chi connectivity index (χ1v) is 10.6. The predicted molar refractivity (Wildman–Crippen MR) is 118 cm³/mol.